The first kappa shape index (κ1) is 8.12. The molecule has 0 bridgehead atoms. The summed E-state index contributed by atoms with van der Waals surface area (Å²) in [5.74, 6) is 1.36. The number of ether oxygens (including phenoxy) is 1. The van der Waals surface area contributed by atoms with Gasteiger partial charge in [0.25, 0.3) is 0 Å². The van der Waals surface area contributed by atoms with Gasteiger partial charge < -0.3 is 4.74 Å². The Kier molecular flexibility index (Phi) is 1.67. The summed E-state index contributed by atoms with van der Waals surface area (Å²) in [7, 11) is 0. The quantitative estimate of drug-likeness (QED) is 0.671. The molecule has 1 unspecified atom stereocenters. The van der Waals surface area contributed by atoms with Crippen molar-refractivity contribution in [2.24, 2.45) is 0 Å². The molecule has 4 heteroatoms. The molecule has 2 heterocycles. The van der Waals surface area contributed by atoms with Gasteiger partial charge in [-0.3, -0.25) is 0 Å². The molecule has 3 nitrogen and oxygen atoms in total. The van der Waals surface area contributed by atoms with Crippen LogP contribution in [0.1, 0.15) is 0 Å². The van der Waals surface area contributed by atoms with Crippen LogP contribution < -0.4 is 4.74 Å². The molecule has 0 saturated heterocycles. The Morgan fingerprint density at radius 3 is 3.21 bits per heavy atom. The van der Waals surface area contributed by atoms with Crippen LogP contribution in [0.2, 0.25) is 0 Å². The maximum Gasteiger partial charge on any atom is 0.220 e. The first-order valence-electron chi connectivity index (χ1n) is 4.56. The van der Waals surface area contributed by atoms with Crippen molar-refractivity contribution in [3.63, 3.8) is 0 Å². The van der Waals surface area contributed by atoms with E-state index in [-0.39, 0.29) is 6.10 Å². The van der Waals surface area contributed by atoms with Crippen molar-refractivity contribution in [3.05, 3.63) is 24.3 Å². The third-order valence-electron chi connectivity index (χ3n) is 2.42. The summed E-state index contributed by atoms with van der Waals surface area (Å²) in [6.45, 7) is 0.757. The van der Waals surface area contributed by atoms with E-state index in [9.17, 15) is 0 Å². The number of nitrogens with zero attached hydrogens (tertiary/aromatic N) is 2. The Morgan fingerprint density at radius 1 is 1.50 bits per heavy atom. The zero-order chi connectivity index (χ0) is 9.54. The molecule has 1 atom stereocenters. The average molecular weight is 209 g/mol. The highest BCUT2D eigenvalue weighted by Gasteiger charge is 2.25. The van der Waals surface area contributed by atoms with Gasteiger partial charge in [0.1, 0.15) is 6.10 Å². The predicted molar refractivity (Wildman–Crippen MR) is 54.9 cm³/mol. The number of aromatic nitrogens is 2. The van der Waals surface area contributed by atoms with Gasteiger partial charge in [-0.05, 0) is 12.1 Å². The summed E-state index contributed by atoms with van der Waals surface area (Å²) in [5, 5.41) is 5.49. The third kappa shape index (κ3) is 1.02. The largest absolute Gasteiger partial charge is 0.471 e. The van der Waals surface area contributed by atoms with Crippen LogP contribution in [0.25, 0.3) is 10.9 Å². The van der Waals surface area contributed by atoms with Crippen molar-refractivity contribution in [1.82, 2.24) is 9.78 Å². The molecule has 0 spiro atoms. The van der Waals surface area contributed by atoms with Crippen LogP contribution >= 0.6 is 11.6 Å². The minimum Gasteiger partial charge on any atom is -0.471 e. The fourth-order valence-corrected chi connectivity index (χ4v) is 1.93. The molecular formula is C10H9ClN2O. The number of alkyl halides is 1. The summed E-state index contributed by atoms with van der Waals surface area (Å²) in [5.41, 5.74) is 0.982. The number of rotatable bonds is 1. The molecule has 0 N–H and O–H groups in total. The number of hydrogen-bond donors (Lipinski definition) is 0. The molecule has 0 aliphatic carbocycles. The van der Waals surface area contributed by atoms with Gasteiger partial charge in [0.15, 0.2) is 0 Å². The van der Waals surface area contributed by atoms with Crippen LogP contribution in [0, 0.1) is 0 Å². The fraction of sp³-hybridized carbons (Fsp3) is 0.300. The lowest BCUT2D eigenvalue weighted by Gasteiger charge is -2.03. The monoisotopic (exact) mass is 208 g/mol. The van der Waals surface area contributed by atoms with Gasteiger partial charge in [-0.25, -0.2) is 4.68 Å². The fourth-order valence-electron chi connectivity index (χ4n) is 1.77. The number of benzene rings is 1. The standard InChI is InChI=1S/C10H9ClN2O/c11-5-7-6-13-10(14-7)8-3-1-2-4-9(8)12-13/h1-4,7H,5-6H2. The minimum atomic E-state index is 0.0729. The molecule has 0 radical (unpaired) electrons. The van der Waals surface area contributed by atoms with Gasteiger partial charge in [-0.15, -0.1) is 11.6 Å². The van der Waals surface area contributed by atoms with Crippen molar-refractivity contribution >= 4 is 22.5 Å². The summed E-state index contributed by atoms with van der Waals surface area (Å²) in [6.07, 6.45) is 0.0729. The molecule has 1 aromatic carbocycles. The van der Waals surface area contributed by atoms with E-state index in [1.807, 2.05) is 28.9 Å². The molecule has 0 saturated carbocycles. The first-order valence-corrected chi connectivity index (χ1v) is 5.10. The van der Waals surface area contributed by atoms with Crippen LogP contribution in [0.5, 0.6) is 5.88 Å². The summed E-state index contributed by atoms with van der Waals surface area (Å²) >= 11 is 5.74. The van der Waals surface area contributed by atoms with Crippen molar-refractivity contribution in [1.29, 1.82) is 0 Å². The Labute approximate surface area is 86.2 Å². The van der Waals surface area contributed by atoms with Gasteiger partial charge in [0.05, 0.1) is 23.3 Å². The maximum absolute atomic E-state index is 5.74. The Hall–Kier alpha value is -1.22. The normalized spacial score (nSPS) is 19.6. The van der Waals surface area contributed by atoms with Crippen molar-refractivity contribution < 1.29 is 4.74 Å². The van der Waals surface area contributed by atoms with Gasteiger partial charge in [0.2, 0.25) is 5.88 Å². The molecule has 0 fully saturated rings. The number of fused-ring (bicyclic) bond motifs is 3. The van der Waals surface area contributed by atoms with E-state index in [1.165, 1.54) is 0 Å². The zero-order valence-electron chi connectivity index (χ0n) is 7.48. The third-order valence-corrected chi connectivity index (χ3v) is 2.77. The second kappa shape index (κ2) is 2.89. The predicted octanol–water partition coefficient (Wildman–Crippen LogP) is 2.04. The Bertz CT molecular complexity index is 480. The Morgan fingerprint density at radius 2 is 2.36 bits per heavy atom. The maximum atomic E-state index is 5.74. The molecule has 72 valence electrons. The van der Waals surface area contributed by atoms with Crippen molar-refractivity contribution in [2.45, 2.75) is 12.6 Å². The van der Waals surface area contributed by atoms with Crippen LogP contribution in [-0.2, 0) is 6.54 Å². The topological polar surface area (TPSA) is 27.1 Å². The highest BCUT2D eigenvalue weighted by molar-refractivity contribution is 6.18. The summed E-state index contributed by atoms with van der Waals surface area (Å²) < 4.78 is 7.56. The van der Waals surface area contributed by atoms with Gasteiger partial charge in [0, 0.05) is 0 Å². The van der Waals surface area contributed by atoms with Gasteiger partial charge in [-0.2, -0.15) is 5.10 Å². The lowest BCUT2D eigenvalue weighted by atomic mass is 10.2. The van der Waals surface area contributed by atoms with E-state index >= 15 is 0 Å². The smallest absolute Gasteiger partial charge is 0.220 e. The molecule has 1 aliphatic heterocycles. The molecule has 2 aromatic rings. The molecule has 1 aromatic heterocycles. The lowest BCUT2D eigenvalue weighted by molar-refractivity contribution is 0.259. The van der Waals surface area contributed by atoms with E-state index in [0.717, 1.165) is 23.3 Å². The van der Waals surface area contributed by atoms with E-state index < -0.39 is 0 Å². The molecule has 0 amide bonds. The first-order chi connectivity index (χ1) is 6.88. The van der Waals surface area contributed by atoms with E-state index in [2.05, 4.69) is 5.10 Å². The van der Waals surface area contributed by atoms with E-state index in [1.54, 1.807) is 0 Å². The SMILES string of the molecule is ClCC1Cn2nc3ccccc3c2O1. The summed E-state index contributed by atoms with van der Waals surface area (Å²) in [4.78, 5) is 0. The van der Waals surface area contributed by atoms with Crippen molar-refractivity contribution in [2.75, 3.05) is 5.88 Å². The second-order valence-corrected chi connectivity index (χ2v) is 3.71. The van der Waals surface area contributed by atoms with Crippen molar-refractivity contribution in [3.8, 4) is 5.88 Å². The molecule has 3 rings (SSSR count). The highest BCUT2D eigenvalue weighted by atomic mass is 35.5. The minimum absolute atomic E-state index is 0.0729. The van der Waals surface area contributed by atoms with Gasteiger partial charge >= 0.3 is 0 Å². The molecular weight excluding hydrogens is 200 g/mol. The van der Waals surface area contributed by atoms with E-state index in [0.29, 0.717) is 5.88 Å². The molecule has 1 aliphatic rings. The molecule has 14 heavy (non-hydrogen) atoms. The van der Waals surface area contributed by atoms with E-state index in [4.69, 9.17) is 16.3 Å². The number of hydrogen-bond acceptors (Lipinski definition) is 2. The second-order valence-electron chi connectivity index (χ2n) is 3.40. The summed E-state index contributed by atoms with van der Waals surface area (Å²) in [6, 6.07) is 7.97. The van der Waals surface area contributed by atoms with Crippen LogP contribution in [0.4, 0.5) is 0 Å². The van der Waals surface area contributed by atoms with Crippen LogP contribution in [0.3, 0.4) is 0 Å². The van der Waals surface area contributed by atoms with Gasteiger partial charge in [-0.1, -0.05) is 12.1 Å². The van der Waals surface area contributed by atoms with Crippen LogP contribution in [-0.4, -0.2) is 21.8 Å². The number of halogens is 1. The average Bonchev–Trinajstić information content (AvgIpc) is 2.73. The van der Waals surface area contributed by atoms with Crippen LogP contribution in [0.15, 0.2) is 24.3 Å². The Balaban J connectivity index is 2.16. The zero-order valence-corrected chi connectivity index (χ0v) is 8.24. The lowest BCUT2D eigenvalue weighted by Crippen LogP contribution is -2.16. The highest BCUT2D eigenvalue weighted by Crippen LogP contribution is 2.30.